The zero-order valence-corrected chi connectivity index (χ0v) is 12.0. The number of nitrogens with zero attached hydrogens (tertiary/aromatic N) is 1. The molecule has 78 valence electrons. The molecule has 13 heavy (non-hydrogen) atoms. The van der Waals surface area contributed by atoms with Crippen LogP contribution in [-0.4, -0.2) is 35.0 Å². The van der Waals surface area contributed by atoms with Gasteiger partial charge in [0.15, 0.2) is 0 Å². The van der Waals surface area contributed by atoms with Crippen LogP contribution >= 0.6 is 23.5 Å². The molecule has 1 aliphatic rings. The normalized spacial score (nSPS) is 22.6. The van der Waals surface area contributed by atoms with Crippen molar-refractivity contribution in [1.29, 1.82) is 0 Å². The van der Waals surface area contributed by atoms with Crippen LogP contribution in [0.2, 0.25) is 19.6 Å². The van der Waals surface area contributed by atoms with Crippen LogP contribution in [-0.2, 0) is 0 Å². The van der Waals surface area contributed by atoms with Crippen molar-refractivity contribution in [2.75, 3.05) is 11.8 Å². The third-order valence-corrected chi connectivity index (χ3v) is 11.3. The Morgan fingerprint density at radius 3 is 1.92 bits per heavy atom. The SMILES string of the molecule is CC(C)N1CSC([Si](C)(C)C)SC1. The predicted octanol–water partition coefficient (Wildman–Crippen LogP) is 3.30. The summed E-state index contributed by atoms with van der Waals surface area (Å²) in [6, 6.07) is 0.711. The van der Waals surface area contributed by atoms with Crippen molar-refractivity contribution in [2.24, 2.45) is 0 Å². The van der Waals surface area contributed by atoms with Crippen LogP contribution < -0.4 is 0 Å². The molecule has 0 radical (unpaired) electrons. The lowest BCUT2D eigenvalue weighted by molar-refractivity contribution is 0.307. The van der Waals surface area contributed by atoms with Gasteiger partial charge in [0.05, 0.1) is 8.07 Å². The zero-order chi connectivity index (χ0) is 10.1. The second kappa shape index (κ2) is 4.60. The summed E-state index contributed by atoms with van der Waals surface area (Å²) in [5.41, 5.74) is 0. The van der Waals surface area contributed by atoms with Crippen molar-refractivity contribution < 1.29 is 0 Å². The van der Waals surface area contributed by atoms with E-state index in [9.17, 15) is 0 Å². The average Bonchev–Trinajstić information content (AvgIpc) is 2.03. The Balaban J connectivity index is 2.39. The number of thioether (sulfide) groups is 2. The van der Waals surface area contributed by atoms with Gasteiger partial charge < -0.3 is 0 Å². The van der Waals surface area contributed by atoms with Crippen LogP contribution in [0.1, 0.15) is 13.8 Å². The van der Waals surface area contributed by atoms with Gasteiger partial charge >= 0.3 is 0 Å². The molecule has 0 amide bonds. The first-order chi connectivity index (χ1) is 5.91. The van der Waals surface area contributed by atoms with Crippen molar-refractivity contribution >= 4 is 31.6 Å². The van der Waals surface area contributed by atoms with Crippen molar-refractivity contribution in [3.8, 4) is 0 Å². The van der Waals surface area contributed by atoms with Crippen LogP contribution in [0.3, 0.4) is 0 Å². The molecule has 1 saturated heterocycles. The summed E-state index contributed by atoms with van der Waals surface area (Å²) in [7, 11) is -0.921. The molecule has 1 rings (SSSR count). The molecule has 0 saturated carbocycles. The minimum Gasteiger partial charge on any atom is -0.282 e. The molecule has 0 spiro atoms. The number of hydrogen-bond donors (Lipinski definition) is 0. The Kier molecular flexibility index (Phi) is 4.23. The summed E-state index contributed by atoms with van der Waals surface area (Å²) < 4.78 is 0.905. The van der Waals surface area contributed by atoms with Gasteiger partial charge in [0.25, 0.3) is 0 Å². The van der Waals surface area contributed by atoms with Crippen molar-refractivity contribution in [3.05, 3.63) is 0 Å². The van der Waals surface area contributed by atoms with Gasteiger partial charge in [0, 0.05) is 22.0 Å². The maximum absolute atomic E-state index is 2.55. The van der Waals surface area contributed by atoms with Gasteiger partial charge in [-0.3, -0.25) is 4.90 Å². The molecule has 0 aromatic rings. The number of rotatable bonds is 2. The molecule has 1 nitrogen and oxygen atoms in total. The van der Waals surface area contributed by atoms with E-state index in [1.807, 2.05) is 0 Å². The van der Waals surface area contributed by atoms with Gasteiger partial charge in [-0.05, 0) is 13.8 Å². The van der Waals surface area contributed by atoms with Gasteiger partial charge in [-0.1, -0.05) is 19.6 Å². The molecule has 0 atom stereocenters. The monoisotopic (exact) mass is 235 g/mol. The summed E-state index contributed by atoms with van der Waals surface area (Å²) in [6.07, 6.45) is 0. The maximum Gasteiger partial charge on any atom is 0.0714 e. The highest BCUT2D eigenvalue weighted by atomic mass is 32.2. The molecule has 0 unspecified atom stereocenters. The fraction of sp³-hybridized carbons (Fsp3) is 1.00. The van der Waals surface area contributed by atoms with E-state index in [2.05, 4.69) is 61.9 Å². The third-order valence-electron chi connectivity index (χ3n) is 2.22. The first-order valence-corrected chi connectivity index (χ1v) is 10.6. The Morgan fingerprint density at radius 1 is 1.15 bits per heavy atom. The topological polar surface area (TPSA) is 3.24 Å². The molecule has 0 aliphatic carbocycles. The summed E-state index contributed by atoms with van der Waals surface area (Å²) in [6.45, 7) is 12.0. The van der Waals surface area contributed by atoms with Crippen molar-refractivity contribution in [1.82, 2.24) is 4.90 Å². The van der Waals surface area contributed by atoms with E-state index < -0.39 is 8.07 Å². The van der Waals surface area contributed by atoms with Gasteiger partial charge in [-0.15, -0.1) is 23.5 Å². The minimum absolute atomic E-state index is 0.711. The smallest absolute Gasteiger partial charge is 0.0714 e. The first-order valence-electron chi connectivity index (χ1n) is 4.88. The van der Waals surface area contributed by atoms with E-state index in [1.165, 1.54) is 11.8 Å². The van der Waals surface area contributed by atoms with Crippen molar-refractivity contribution in [2.45, 2.75) is 43.7 Å². The fourth-order valence-corrected chi connectivity index (χ4v) is 7.96. The fourth-order valence-electron chi connectivity index (χ4n) is 1.21. The van der Waals surface area contributed by atoms with E-state index in [0.29, 0.717) is 6.04 Å². The molecular formula is C9H21NS2Si. The predicted molar refractivity (Wildman–Crippen MR) is 69.0 cm³/mol. The molecule has 1 heterocycles. The molecule has 4 heteroatoms. The Morgan fingerprint density at radius 2 is 1.62 bits per heavy atom. The van der Waals surface area contributed by atoms with E-state index in [-0.39, 0.29) is 0 Å². The molecule has 1 aliphatic heterocycles. The summed E-state index contributed by atoms with van der Waals surface area (Å²) >= 11 is 4.31. The second-order valence-corrected chi connectivity index (χ2v) is 13.5. The highest BCUT2D eigenvalue weighted by Gasteiger charge is 2.32. The molecule has 0 N–H and O–H groups in total. The average molecular weight is 235 g/mol. The largest absolute Gasteiger partial charge is 0.282 e. The van der Waals surface area contributed by atoms with Crippen LogP contribution in [0.4, 0.5) is 0 Å². The van der Waals surface area contributed by atoms with E-state index in [4.69, 9.17) is 0 Å². The van der Waals surface area contributed by atoms with Crippen molar-refractivity contribution in [3.63, 3.8) is 0 Å². The van der Waals surface area contributed by atoms with Crippen LogP contribution in [0.25, 0.3) is 0 Å². The van der Waals surface area contributed by atoms with Crippen LogP contribution in [0.15, 0.2) is 0 Å². The van der Waals surface area contributed by atoms with Crippen LogP contribution in [0.5, 0.6) is 0 Å². The van der Waals surface area contributed by atoms with E-state index >= 15 is 0 Å². The van der Waals surface area contributed by atoms with Gasteiger partial charge in [-0.25, -0.2) is 0 Å². The number of hydrogen-bond acceptors (Lipinski definition) is 3. The van der Waals surface area contributed by atoms with Crippen LogP contribution in [0, 0.1) is 0 Å². The lowest BCUT2D eigenvalue weighted by Gasteiger charge is -2.38. The zero-order valence-electron chi connectivity index (χ0n) is 9.33. The highest BCUT2D eigenvalue weighted by Crippen LogP contribution is 2.37. The molecule has 1 fully saturated rings. The third kappa shape index (κ3) is 3.50. The first kappa shape index (κ1) is 11.9. The quantitative estimate of drug-likeness (QED) is 0.676. The summed E-state index contributed by atoms with van der Waals surface area (Å²) in [5, 5.41) is 0. The lowest BCUT2D eigenvalue weighted by Crippen LogP contribution is -2.42. The molecule has 0 bridgehead atoms. The Labute approximate surface area is 92.0 Å². The van der Waals surface area contributed by atoms with Gasteiger partial charge in [0.1, 0.15) is 0 Å². The summed E-state index contributed by atoms with van der Waals surface area (Å²) in [5.74, 6) is 2.47. The lowest BCUT2D eigenvalue weighted by atomic mass is 10.4. The molecular weight excluding hydrogens is 214 g/mol. The van der Waals surface area contributed by atoms with E-state index in [1.54, 1.807) is 0 Å². The molecule has 0 aromatic carbocycles. The Bertz CT molecular complexity index is 159. The minimum atomic E-state index is -0.921. The van der Waals surface area contributed by atoms with E-state index in [0.717, 1.165) is 4.21 Å². The highest BCUT2D eigenvalue weighted by molar-refractivity contribution is 8.19. The summed E-state index contributed by atoms with van der Waals surface area (Å²) in [4.78, 5) is 2.55. The second-order valence-electron chi connectivity index (χ2n) is 4.97. The maximum atomic E-state index is 2.55. The molecule has 0 aromatic heterocycles. The Hall–Kier alpha value is 0.877. The van der Waals surface area contributed by atoms with Gasteiger partial charge in [0.2, 0.25) is 0 Å². The van der Waals surface area contributed by atoms with Gasteiger partial charge in [-0.2, -0.15) is 0 Å². The standard InChI is InChI=1S/C9H21NS2Si/c1-8(2)10-6-11-9(12-7-10)13(3,4)5/h8-9H,6-7H2,1-5H3.